The van der Waals surface area contributed by atoms with Crippen molar-refractivity contribution >= 4 is 11.7 Å². The van der Waals surface area contributed by atoms with Gasteiger partial charge in [0.2, 0.25) is 0 Å². The summed E-state index contributed by atoms with van der Waals surface area (Å²) in [4.78, 5) is 23.7. The second-order valence-corrected chi connectivity index (χ2v) is 4.89. The zero-order valence-electron chi connectivity index (χ0n) is 11.0. The number of carbonyl (C=O) groups is 2. The Kier molecular flexibility index (Phi) is 3.37. The molecule has 0 saturated heterocycles. The van der Waals surface area contributed by atoms with E-state index in [0.29, 0.717) is 24.3 Å². The number of rotatable bonds is 3. The number of benzene rings is 1. The van der Waals surface area contributed by atoms with E-state index in [-0.39, 0.29) is 17.5 Å². The van der Waals surface area contributed by atoms with Crippen LogP contribution in [0.2, 0.25) is 0 Å². The van der Waals surface area contributed by atoms with Gasteiger partial charge in [-0.05, 0) is 12.0 Å². The maximum Gasteiger partial charge on any atom is 0.287 e. The van der Waals surface area contributed by atoms with Crippen LogP contribution in [-0.2, 0) is 13.0 Å². The Morgan fingerprint density at radius 1 is 1.20 bits per heavy atom. The van der Waals surface area contributed by atoms with E-state index in [4.69, 9.17) is 4.42 Å². The van der Waals surface area contributed by atoms with Gasteiger partial charge in [-0.2, -0.15) is 0 Å². The third kappa shape index (κ3) is 2.50. The predicted octanol–water partition coefficient (Wildman–Crippen LogP) is 2.73. The van der Waals surface area contributed by atoms with Gasteiger partial charge in [-0.25, -0.2) is 0 Å². The number of amides is 1. The molecule has 20 heavy (non-hydrogen) atoms. The first kappa shape index (κ1) is 12.7. The zero-order chi connectivity index (χ0) is 13.9. The Hall–Kier alpha value is -2.36. The number of furan rings is 1. The van der Waals surface area contributed by atoms with Crippen molar-refractivity contribution in [3.63, 3.8) is 0 Å². The monoisotopic (exact) mass is 269 g/mol. The molecule has 1 aromatic heterocycles. The SMILES string of the molecule is O=C(NCc1ccccc1)c1cc2c(o1)CCCC2=O. The van der Waals surface area contributed by atoms with Gasteiger partial charge in [-0.3, -0.25) is 9.59 Å². The molecule has 2 aromatic rings. The molecular weight excluding hydrogens is 254 g/mol. The minimum absolute atomic E-state index is 0.0668. The highest BCUT2D eigenvalue weighted by molar-refractivity contribution is 6.01. The summed E-state index contributed by atoms with van der Waals surface area (Å²) in [5.41, 5.74) is 1.59. The van der Waals surface area contributed by atoms with E-state index in [1.807, 2.05) is 30.3 Å². The van der Waals surface area contributed by atoms with Crippen LogP contribution in [0.25, 0.3) is 0 Å². The van der Waals surface area contributed by atoms with Crippen molar-refractivity contribution < 1.29 is 14.0 Å². The van der Waals surface area contributed by atoms with Crippen molar-refractivity contribution in [2.24, 2.45) is 0 Å². The quantitative estimate of drug-likeness (QED) is 0.932. The topological polar surface area (TPSA) is 59.3 Å². The molecule has 4 heteroatoms. The third-order valence-corrected chi connectivity index (χ3v) is 3.44. The molecule has 0 atom stereocenters. The summed E-state index contributed by atoms with van der Waals surface area (Å²) in [6, 6.07) is 11.2. The van der Waals surface area contributed by atoms with Crippen molar-refractivity contribution in [1.82, 2.24) is 5.32 Å². The first-order chi connectivity index (χ1) is 9.74. The smallest absolute Gasteiger partial charge is 0.287 e. The highest BCUT2D eigenvalue weighted by atomic mass is 16.4. The van der Waals surface area contributed by atoms with Gasteiger partial charge in [0.05, 0.1) is 5.56 Å². The van der Waals surface area contributed by atoms with E-state index in [1.165, 1.54) is 0 Å². The largest absolute Gasteiger partial charge is 0.455 e. The van der Waals surface area contributed by atoms with Crippen molar-refractivity contribution in [1.29, 1.82) is 0 Å². The number of aryl methyl sites for hydroxylation is 1. The molecule has 3 rings (SSSR count). The van der Waals surface area contributed by atoms with E-state index < -0.39 is 0 Å². The molecule has 1 heterocycles. The molecule has 1 aliphatic rings. The van der Waals surface area contributed by atoms with Crippen molar-refractivity contribution in [3.8, 4) is 0 Å². The molecule has 1 aromatic carbocycles. The molecule has 1 amide bonds. The lowest BCUT2D eigenvalue weighted by Crippen LogP contribution is -2.22. The lowest BCUT2D eigenvalue weighted by Gasteiger charge is -2.06. The minimum Gasteiger partial charge on any atom is -0.455 e. The summed E-state index contributed by atoms with van der Waals surface area (Å²) in [5.74, 6) is 0.653. The number of nitrogens with one attached hydrogen (secondary N) is 1. The molecule has 0 unspecified atom stereocenters. The first-order valence-electron chi connectivity index (χ1n) is 6.72. The first-order valence-corrected chi connectivity index (χ1v) is 6.72. The molecule has 1 N–H and O–H groups in total. The van der Waals surface area contributed by atoms with Crippen LogP contribution in [0, 0.1) is 0 Å². The van der Waals surface area contributed by atoms with Crippen molar-refractivity contribution in [2.45, 2.75) is 25.8 Å². The van der Waals surface area contributed by atoms with Crippen molar-refractivity contribution in [2.75, 3.05) is 0 Å². The molecule has 0 radical (unpaired) electrons. The average Bonchev–Trinajstić information content (AvgIpc) is 2.91. The van der Waals surface area contributed by atoms with E-state index in [1.54, 1.807) is 6.07 Å². The molecule has 0 bridgehead atoms. The number of ketones is 1. The Labute approximate surface area is 116 Å². The zero-order valence-corrected chi connectivity index (χ0v) is 11.0. The summed E-state index contributed by atoms with van der Waals surface area (Å²) < 4.78 is 5.49. The average molecular weight is 269 g/mol. The highest BCUT2D eigenvalue weighted by Gasteiger charge is 2.24. The number of Topliss-reactive ketones (excluding diaryl/α,β-unsaturated/α-hetero) is 1. The van der Waals surface area contributed by atoms with Crippen LogP contribution < -0.4 is 5.32 Å². The fourth-order valence-corrected chi connectivity index (χ4v) is 2.37. The number of hydrogen-bond donors (Lipinski definition) is 1. The molecular formula is C16H15NO3. The van der Waals surface area contributed by atoms with Crippen LogP contribution in [0.4, 0.5) is 0 Å². The van der Waals surface area contributed by atoms with Crippen molar-refractivity contribution in [3.05, 3.63) is 59.0 Å². The van der Waals surface area contributed by atoms with E-state index in [9.17, 15) is 9.59 Å². The number of fused-ring (bicyclic) bond motifs is 1. The number of hydrogen-bond acceptors (Lipinski definition) is 3. The molecule has 0 aliphatic heterocycles. The normalized spacial score (nSPS) is 13.9. The van der Waals surface area contributed by atoms with Crippen LogP contribution in [0.15, 0.2) is 40.8 Å². The second kappa shape index (κ2) is 5.33. The van der Waals surface area contributed by atoms with Crippen LogP contribution >= 0.6 is 0 Å². The third-order valence-electron chi connectivity index (χ3n) is 3.44. The predicted molar refractivity (Wildman–Crippen MR) is 73.6 cm³/mol. The molecule has 0 spiro atoms. The Balaban J connectivity index is 1.70. The molecule has 102 valence electrons. The number of carbonyl (C=O) groups excluding carboxylic acids is 2. The second-order valence-electron chi connectivity index (χ2n) is 4.89. The van der Waals surface area contributed by atoms with Gasteiger partial charge < -0.3 is 9.73 Å². The summed E-state index contributed by atoms with van der Waals surface area (Å²) in [6.07, 6.45) is 2.06. The Bertz CT molecular complexity index is 643. The Morgan fingerprint density at radius 3 is 2.75 bits per heavy atom. The van der Waals surface area contributed by atoms with E-state index in [0.717, 1.165) is 18.4 Å². The van der Waals surface area contributed by atoms with Gasteiger partial charge in [-0.15, -0.1) is 0 Å². The maximum absolute atomic E-state index is 12.0. The van der Waals surface area contributed by atoms with Gasteiger partial charge in [0.1, 0.15) is 5.76 Å². The van der Waals surface area contributed by atoms with Gasteiger partial charge in [-0.1, -0.05) is 30.3 Å². The van der Waals surface area contributed by atoms with Crippen LogP contribution in [-0.4, -0.2) is 11.7 Å². The maximum atomic E-state index is 12.0. The fraction of sp³-hybridized carbons (Fsp3) is 0.250. The van der Waals surface area contributed by atoms with Gasteiger partial charge in [0.25, 0.3) is 5.91 Å². The van der Waals surface area contributed by atoms with Gasteiger partial charge in [0, 0.05) is 25.5 Å². The van der Waals surface area contributed by atoms with Crippen LogP contribution in [0.3, 0.4) is 0 Å². The lowest BCUT2D eigenvalue weighted by atomic mass is 9.97. The van der Waals surface area contributed by atoms with Crippen LogP contribution in [0.1, 0.15) is 45.1 Å². The van der Waals surface area contributed by atoms with Gasteiger partial charge >= 0.3 is 0 Å². The molecule has 1 aliphatic carbocycles. The summed E-state index contributed by atoms with van der Waals surface area (Å²) in [7, 11) is 0. The van der Waals surface area contributed by atoms with Gasteiger partial charge in [0.15, 0.2) is 11.5 Å². The minimum atomic E-state index is -0.281. The molecule has 0 saturated carbocycles. The van der Waals surface area contributed by atoms with Crippen LogP contribution in [0.5, 0.6) is 0 Å². The van der Waals surface area contributed by atoms with E-state index in [2.05, 4.69) is 5.32 Å². The molecule has 4 nitrogen and oxygen atoms in total. The standard InChI is InChI=1S/C16H15NO3/c18-13-7-4-8-14-12(13)9-15(20-14)16(19)17-10-11-5-2-1-3-6-11/h1-3,5-6,9H,4,7-8,10H2,(H,17,19). The summed E-state index contributed by atoms with van der Waals surface area (Å²) in [5, 5.41) is 2.80. The lowest BCUT2D eigenvalue weighted by molar-refractivity contribution is 0.0917. The Morgan fingerprint density at radius 2 is 2.00 bits per heavy atom. The molecule has 0 fully saturated rings. The summed E-state index contributed by atoms with van der Waals surface area (Å²) in [6.45, 7) is 0.443. The highest BCUT2D eigenvalue weighted by Crippen LogP contribution is 2.24. The van der Waals surface area contributed by atoms with E-state index >= 15 is 0 Å². The fourth-order valence-electron chi connectivity index (χ4n) is 2.37. The summed E-state index contributed by atoms with van der Waals surface area (Å²) >= 11 is 0.